The summed E-state index contributed by atoms with van der Waals surface area (Å²) in [4.78, 5) is 21.0. The first-order valence-electron chi connectivity index (χ1n) is 3.98. The topological polar surface area (TPSA) is 90.0 Å². The molecule has 0 aromatic carbocycles. The lowest BCUT2D eigenvalue weighted by atomic mass is 10.5. The van der Waals surface area contributed by atoms with Crippen LogP contribution in [0.2, 0.25) is 0 Å². The molecule has 1 aromatic heterocycles. The summed E-state index contributed by atoms with van der Waals surface area (Å²) < 4.78 is 36.5. The SMILES string of the molecule is NC(=O)Cn1cc(NC(=O)C(F)(F)F)cn1. The molecule has 3 N–H and O–H groups in total. The number of hydrogen-bond donors (Lipinski definition) is 2. The summed E-state index contributed by atoms with van der Waals surface area (Å²) in [7, 11) is 0. The molecule has 6 nitrogen and oxygen atoms in total. The van der Waals surface area contributed by atoms with Crippen molar-refractivity contribution < 1.29 is 22.8 Å². The first kappa shape index (κ1) is 12.0. The van der Waals surface area contributed by atoms with E-state index >= 15 is 0 Å². The molecule has 0 aliphatic heterocycles. The molecule has 9 heteroatoms. The Morgan fingerprint density at radius 3 is 2.62 bits per heavy atom. The molecule has 16 heavy (non-hydrogen) atoms. The third-order valence-electron chi connectivity index (χ3n) is 1.47. The van der Waals surface area contributed by atoms with Crippen LogP contribution in [0.5, 0.6) is 0 Å². The van der Waals surface area contributed by atoms with Crippen molar-refractivity contribution in [3.05, 3.63) is 12.4 Å². The van der Waals surface area contributed by atoms with Crippen LogP contribution >= 0.6 is 0 Å². The molecule has 0 spiro atoms. The Morgan fingerprint density at radius 2 is 2.12 bits per heavy atom. The molecule has 0 saturated carbocycles. The van der Waals surface area contributed by atoms with Crippen molar-refractivity contribution in [1.82, 2.24) is 9.78 Å². The number of halogens is 3. The van der Waals surface area contributed by atoms with Gasteiger partial charge in [-0.2, -0.15) is 18.3 Å². The molecular formula is C7H7F3N4O2. The first-order valence-corrected chi connectivity index (χ1v) is 3.98. The predicted molar refractivity (Wildman–Crippen MR) is 46.1 cm³/mol. The number of primary amides is 1. The minimum Gasteiger partial charge on any atom is -0.368 e. The van der Waals surface area contributed by atoms with E-state index in [1.165, 1.54) is 0 Å². The van der Waals surface area contributed by atoms with E-state index in [2.05, 4.69) is 5.10 Å². The summed E-state index contributed by atoms with van der Waals surface area (Å²) in [6.07, 6.45) is -2.92. The highest BCUT2D eigenvalue weighted by Gasteiger charge is 2.38. The zero-order valence-electron chi connectivity index (χ0n) is 7.78. The van der Waals surface area contributed by atoms with E-state index in [0.717, 1.165) is 17.1 Å². The van der Waals surface area contributed by atoms with Crippen LogP contribution in [0.25, 0.3) is 0 Å². The standard InChI is InChI=1S/C7H7F3N4O2/c8-7(9,10)6(16)13-4-1-12-14(2-4)3-5(11)15/h1-2H,3H2,(H2,11,15)(H,13,16). The molecule has 0 atom stereocenters. The number of amides is 2. The number of carbonyl (C=O) groups excluding carboxylic acids is 2. The van der Waals surface area contributed by atoms with Crippen LogP contribution in [0, 0.1) is 0 Å². The van der Waals surface area contributed by atoms with Gasteiger partial charge in [0.1, 0.15) is 6.54 Å². The van der Waals surface area contributed by atoms with Gasteiger partial charge in [0.15, 0.2) is 0 Å². The van der Waals surface area contributed by atoms with Gasteiger partial charge < -0.3 is 11.1 Å². The number of anilines is 1. The number of hydrogen-bond acceptors (Lipinski definition) is 3. The summed E-state index contributed by atoms with van der Waals surface area (Å²) in [5.41, 5.74) is 4.67. The lowest BCUT2D eigenvalue weighted by Crippen LogP contribution is -2.29. The quantitative estimate of drug-likeness (QED) is 0.765. The molecule has 1 heterocycles. The van der Waals surface area contributed by atoms with Crippen molar-refractivity contribution in [2.45, 2.75) is 12.7 Å². The van der Waals surface area contributed by atoms with Crippen molar-refractivity contribution in [2.75, 3.05) is 5.32 Å². The molecule has 1 aromatic rings. The summed E-state index contributed by atoms with van der Waals surface area (Å²) in [5, 5.41) is 5.10. The Hall–Kier alpha value is -2.06. The first-order chi connectivity index (χ1) is 7.29. The average molecular weight is 236 g/mol. The predicted octanol–water partition coefficient (Wildman–Crippen LogP) is -0.131. The highest BCUT2D eigenvalue weighted by Crippen LogP contribution is 2.17. The molecule has 0 radical (unpaired) electrons. The van der Waals surface area contributed by atoms with Crippen LogP contribution in [0.4, 0.5) is 18.9 Å². The minimum absolute atomic E-state index is 0.163. The van der Waals surface area contributed by atoms with Crippen LogP contribution in [0.3, 0.4) is 0 Å². The molecule has 0 aliphatic rings. The molecule has 1 rings (SSSR count). The van der Waals surface area contributed by atoms with E-state index in [4.69, 9.17) is 5.73 Å². The average Bonchev–Trinajstić information content (AvgIpc) is 2.49. The minimum atomic E-state index is -4.97. The van der Waals surface area contributed by atoms with Gasteiger partial charge in [-0.15, -0.1) is 0 Å². The number of nitrogens with zero attached hydrogens (tertiary/aromatic N) is 2. The Morgan fingerprint density at radius 1 is 1.50 bits per heavy atom. The van der Waals surface area contributed by atoms with E-state index in [-0.39, 0.29) is 12.2 Å². The lowest BCUT2D eigenvalue weighted by Gasteiger charge is -2.04. The third-order valence-corrected chi connectivity index (χ3v) is 1.47. The molecule has 0 aliphatic carbocycles. The molecule has 0 unspecified atom stereocenters. The maximum Gasteiger partial charge on any atom is 0.471 e. The fourth-order valence-corrected chi connectivity index (χ4v) is 0.876. The molecular weight excluding hydrogens is 229 g/mol. The summed E-state index contributed by atoms with van der Waals surface area (Å²) in [6.45, 7) is -0.276. The largest absolute Gasteiger partial charge is 0.471 e. The monoisotopic (exact) mass is 236 g/mol. The van der Waals surface area contributed by atoms with Crippen molar-refractivity contribution in [2.24, 2.45) is 5.73 Å². The zero-order valence-corrected chi connectivity index (χ0v) is 7.78. The Labute approximate surface area is 87.2 Å². The van der Waals surface area contributed by atoms with Crippen LogP contribution in [0.1, 0.15) is 0 Å². The number of aromatic nitrogens is 2. The lowest BCUT2D eigenvalue weighted by molar-refractivity contribution is -0.167. The Kier molecular flexibility index (Phi) is 3.16. The van der Waals surface area contributed by atoms with Crippen LogP contribution < -0.4 is 11.1 Å². The van der Waals surface area contributed by atoms with E-state index < -0.39 is 18.0 Å². The van der Waals surface area contributed by atoms with Crippen molar-refractivity contribution >= 4 is 17.5 Å². The van der Waals surface area contributed by atoms with Gasteiger partial charge >= 0.3 is 12.1 Å². The summed E-state index contributed by atoms with van der Waals surface area (Å²) >= 11 is 0. The Balaban J connectivity index is 2.66. The second kappa shape index (κ2) is 4.21. The number of alkyl halides is 3. The normalized spacial score (nSPS) is 11.2. The van der Waals surface area contributed by atoms with Crippen LogP contribution in [-0.2, 0) is 16.1 Å². The third kappa shape index (κ3) is 3.26. The fraction of sp³-hybridized carbons (Fsp3) is 0.286. The molecule has 0 bridgehead atoms. The van der Waals surface area contributed by atoms with Gasteiger partial charge in [-0.1, -0.05) is 0 Å². The van der Waals surface area contributed by atoms with Gasteiger partial charge in [0.25, 0.3) is 0 Å². The molecule has 88 valence electrons. The molecule has 2 amide bonds. The fourth-order valence-electron chi connectivity index (χ4n) is 0.876. The number of carbonyl (C=O) groups is 2. The van der Waals surface area contributed by atoms with Crippen LogP contribution in [-0.4, -0.2) is 27.8 Å². The van der Waals surface area contributed by atoms with Gasteiger partial charge in [-0.3, -0.25) is 14.3 Å². The smallest absolute Gasteiger partial charge is 0.368 e. The number of rotatable bonds is 3. The van der Waals surface area contributed by atoms with Gasteiger partial charge in [-0.25, -0.2) is 0 Å². The highest BCUT2D eigenvalue weighted by molar-refractivity contribution is 5.94. The second-order valence-electron chi connectivity index (χ2n) is 2.84. The summed E-state index contributed by atoms with van der Waals surface area (Å²) in [5.74, 6) is -2.80. The van der Waals surface area contributed by atoms with E-state index in [1.54, 1.807) is 5.32 Å². The van der Waals surface area contributed by atoms with Crippen molar-refractivity contribution in [3.8, 4) is 0 Å². The second-order valence-corrected chi connectivity index (χ2v) is 2.84. The maximum atomic E-state index is 11.8. The van der Waals surface area contributed by atoms with E-state index in [1.807, 2.05) is 0 Å². The van der Waals surface area contributed by atoms with Gasteiger partial charge in [0.05, 0.1) is 11.9 Å². The zero-order chi connectivity index (χ0) is 12.3. The summed E-state index contributed by atoms with van der Waals surface area (Å²) in [6, 6.07) is 0. The van der Waals surface area contributed by atoms with Crippen LogP contribution in [0.15, 0.2) is 12.4 Å². The van der Waals surface area contributed by atoms with Crippen molar-refractivity contribution in [3.63, 3.8) is 0 Å². The van der Waals surface area contributed by atoms with Gasteiger partial charge in [0, 0.05) is 6.20 Å². The molecule has 0 saturated heterocycles. The van der Waals surface area contributed by atoms with Gasteiger partial charge in [-0.05, 0) is 0 Å². The van der Waals surface area contributed by atoms with E-state index in [9.17, 15) is 22.8 Å². The Bertz CT molecular complexity index is 412. The molecule has 0 fully saturated rings. The maximum absolute atomic E-state index is 11.8. The number of nitrogens with one attached hydrogen (secondary N) is 1. The van der Waals surface area contributed by atoms with Crippen molar-refractivity contribution in [1.29, 1.82) is 0 Å². The number of nitrogens with two attached hydrogens (primary N) is 1. The highest BCUT2D eigenvalue weighted by atomic mass is 19.4. The van der Waals surface area contributed by atoms with Gasteiger partial charge in [0.2, 0.25) is 5.91 Å². The van der Waals surface area contributed by atoms with E-state index in [0.29, 0.717) is 0 Å².